The molecule has 25 heavy (non-hydrogen) atoms. The van der Waals surface area contributed by atoms with Gasteiger partial charge in [0.1, 0.15) is 6.04 Å². The summed E-state index contributed by atoms with van der Waals surface area (Å²) >= 11 is 0. The highest BCUT2D eigenvalue weighted by Crippen LogP contribution is 2.33. The van der Waals surface area contributed by atoms with E-state index in [4.69, 9.17) is 5.11 Å². The van der Waals surface area contributed by atoms with Crippen LogP contribution >= 0.6 is 0 Å². The number of carbonyl (C=O) groups is 2. The number of hydrogen-bond acceptors (Lipinski definition) is 3. The van der Waals surface area contributed by atoms with Crippen molar-refractivity contribution in [2.45, 2.75) is 25.8 Å². The zero-order valence-corrected chi connectivity index (χ0v) is 13.9. The van der Waals surface area contributed by atoms with Gasteiger partial charge in [0.05, 0.1) is 11.2 Å². The minimum absolute atomic E-state index is 0.0507. The van der Waals surface area contributed by atoms with Gasteiger partial charge in [0, 0.05) is 29.3 Å². The van der Waals surface area contributed by atoms with Crippen LogP contribution in [0.1, 0.15) is 19.8 Å². The van der Waals surface area contributed by atoms with Crippen LogP contribution in [0.3, 0.4) is 0 Å². The Balaban J connectivity index is 2.10. The van der Waals surface area contributed by atoms with Crippen molar-refractivity contribution in [2.75, 3.05) is 11.4 Å². The van der Waals surface area contributed by atoms with Gasteiger partial charge in [0.15, 0.2) is 0 Å². The molecule has 3 N–H and O–H groups in total. The van der Waals surface area contributed by atoms with E-state index in [1.807, 2.05) is 49.4 Å². The van der Waals surface area contributed by atoms with Crippen LogP contribution < -0.4 is 4.90 Å². The number of carboxylic acids is 2. The molecule has 0 amide bonds. The first kappa shape index (κ1) is 16.8. The number of fused-ring (bicyclic) bond motifs is 3. The largest absolute Gasteiger partial charge is 0.481 e. The van der Waals surface area contributed by atoms with Gasteiger partial charge in [0.2, 0.25) is 0 Å². The van der Waals surface area contributed by atoms with Gasteiger partial charge in [0.25, 0.3) is 0 Å². The number of aliphatic carboxylic acids is 2. The van der Waals surface area contributed by atoms with Gasteiger partial charge in [-0.3, -0.25) is 4.79 Å². The Bertz CT molecular complexity index is 931. The minimum atomic E-state index is -1.02. The lowest BCUT2D eigenvalue weighted by Crippen LogP contribution is -2.41. The number of nitrogens with one attached hydrogen (secondary N) is 1. The summed E-state index contributed by atoms with van der Waals surface area (Å²) in [6.07, 6.45) is -0.134. The standard InChI is InChI=1S/C19H20N2O4/c1-2-21(16(19(24)25)10-11-17(22)23)15-9-5-7-13-12-6-3-4-8-14(12)20-18(13)15/h3-9,16,20H,2,10-11H2,1H3,(H,22,23)(H,24,25)/t16-/m0/s1. The number of H-pyrrole nitrogens is 1. The molecule has 6 nitrogen and oxygen atoms in total. The molecule has 0 aliphatic heterocycles. The van der Waals surface area contributed by atoms with E-state index < -0.39 is 18.0 Å². The van der Waals surface area contributed by atoms with E-state index in [2.05, 4.69) is 4.98 Å². The Labute approximate surface area is 144 Å². The lowest BCUT2D eigenvalue weighted by Gasteiger charge is -2.30. The Hall–Kier alpha value is -3.02. The first-order chi connectivity index (χ1) is 12.0. The second-order valence-electron chi connectivity index (χ2n) is 5.94. The maximum atomic E-state index is 11.7. The van der Waals surface area contributed by atoms with E-state index in [1.165, 1.54) is 0 Å². The molecule has 6 heteroatoms. The Morgan fingerprint density at radius 3 is 2.48 bits per heavy atom. The van der Waals surface area contributed by atoms with Crippen molar-refractivity contribution >= 4 is 39.4 Å². The number of para-hydroxylation sites is 2. The van der Waals surface area contributed by atoms with Crippen LogP contribution in [-0.2, 0) is 9.59 Å². The third kappa shape index (κ3) is 3.15. The Morgan fingerprint density at radius 2 is 1.80 bits per heavy atom. The summed E-state index contributed by atoms with van der Waals surface area (Å²) in [5, 5.41) is 20.6. The molecule has 0 saturated heterocycles. The quantitative estimate of drug-likeness (QED) is 0.612. The minimum Gasteiger partial charge on any atom is -0.481 e. The second-order valence-corrected chi connectivity index (χ2v) is 5.94. The number of benzene rings is 2. The van der Waals surface area contributed by atoms with Crippen molar-refractivity contribution in [3.63, 3.8) is 0 Å². The molecule has 3 rings (SSSR count). The van der Waals surface area contributed by atoms with Gasteiger partial charge in [-0.15, -0.1) is 0 Å². The topological polar surface area (TPSA) is 93.6 Å². The number of anilines is 1. The van der Waals surface area contributed by atoms with Gasteiger partial charge < -0.3 is 20.1 Å². The molecule has 130 valence electrons. The van der Waals surface area contributed by atoms with Crippen molar-refractivity contribution in [2.24, 2.45) is 0 Å². The number of likely N-dealkylation sites (N-methyl/N-ethyl adjacent to an activating group) is 1. The van der Waals surface area contributed by atoms with Gasteiger partial charge >= 0.3 is 11.9 Å². The van der Waals surface area contributed by atoms with Gasteiger partial charge in [-0.05, 0) is 25.5 Å². The summed E-state index contributed by atoms with van der Waals surface area (Å²) in [5.41, 5.74) is 2.62. The van der Waals surface area contributed by atoms with Crippen molar-refractivity contribution in [3.8, 4) is 0 Å². The molecular formula is C19H20N2O4. The van der Waals surface area contributed by atoms with Crippen molar-refractivity contribution in [1.29, 1.82) is 0 Å². The average Bonchev–Trinajstić information content (AvgIpc) is 2.97. The van der Waals surface area contributed by atoms with Crippen LogP contribution in [0.4, 0.5) is 5.69 Å². The van der Waals surface area contributed by atoms with Gasteiger partial charge in [-0.1, -0.05) is 30.3 Å². The molecule has 1 heterocycles. The zero-order chi connectivity index (χ0) is 18.0. The first-order valence-electron chi connectivity index (χ1n) is 8.23. The molecule has 2 aromatic carbocycles. The van der Waals surface area contributed by atoms with Crippen LogP contribution in [0, 0.1) is 0 Å². The second kappa shape index (κ2) is 6.84. The van der Waals surface area contributed by atoms with E-state index in [-0.39, 0.29) is 12.8 Å². The molecule has 1 aromatic heterocycles. The maximum absolute atomic E-state index is 11.7. The van der Waals surface area contributed by atoms with Gasteiger partial charge in [-0.2, -0.15) is 0 Å². The fraction of sp³-hybridized carbons (Fsp3) is 0.263. The van der Waals surface area contributed by atoms with E-state index in [0.717, 1.165) is 27.5 Å². The highest BCUT2D eigenvalue weighted by Gasteiger charge is 2.27. The summed E-state index contributed by atoms with van der Waals surface area (Å²) in [7, 11) is 0. The van der Waals surface area contributed by atoms with Crippen molar-refractivity contribution < 1.29 is 19.8 Å². The SMILES string of the molecule is CCN(c1cccc2c1[nH]c1ccccc12)[C@@H](CCC(=O)O)C(=O)O. The summed E-state index contributed by atoms with van der Waals surface area (Å²) in [4.78, 5) is 27.8. The molecule has 0 aliphatic rings. The molecule has 0 fully saturated rings. The number of hydrogen-bond donors (Lipinski definition) is 3. The number of carboxylic acid groups (broad SMARTS) is 2. The molecule has 0 unspecified atom stereocenters. The lowest BCUT2D eigenvalue weighted by atomic mass is 10.1. The lowest BCUT2D eigenvalue weighted by molar-refractivity contribution is -0.139. The predicted molar refractivity (Wildman–Crippen MR) is 97.1 cm³/mol. The monoisotopic (exact) mass is 340 g/mol. The fourth-order valence-electron chi connectivity index (χ4n) is 3.33. The molecule has 0 aliphatic carbocycles. The van der Waals surface area contributed by atoms with Crippen molar-refractivity contribution in [1.82, 2.24) is 4.98 Å². The van der Waals surface area contributed by atoms with Crippen LogP contribution in [0.15, 0.2) is 42.5 Å². The van der Waals surface area contributed by atoms with E-state index in [1.54, 1.807) is 4.90 Å². The third-order valence-electron chi connectivity index (χ3n) is 4.46. The molecule has 1 atom stereocenters. The molecule has 3 aromatic rings. The highest BCUT2D eigenvalue weighted by molar-refractivity contribution is 6.11. The Morgan fingerprint density at radius 1 is 1.08 bits per heavy atom. The normalized spacial score (nSPS) is 12.4. The molecule has 0 radical (unpaired) electrons. The van der Waals surface area contributed by atoms with E-state index in [9.17, 15) is 14.7 Å². The molecule has 0 saturated carbocycles. The maximum Gasteiger partial charge on any atom is 0.326 e. The summed E-state index contributed by atoms with van der Waals surface area (Å²) in [5.74, 6) is -2.01. The summed E-state index contributed by atoms with van der Waals surface area (Å²) < 4.78 is 0. The number of aromatic nitrogens is 1. The first-order valence-corrected chi connectivity index (χ1v) is 8.23. The average molecular weight is 340 g/mol. The van der Waals surface area contributed by atoms with Crippen LogP contribution in [-0.4, -0.2) is 39.7 Å². The smallest absolute Gasteiger partial charge is 0.326 e. The third-order valence-corrected chi connectivity index (χ3v) is 4.46. The van der Waals surface area contributed by atoms with Crippen LogP contribution in [0.25, 0.3) is 21.8 Å². The van der Waals surface area contributed by atoms with E-state index in [0.29, 0.717) is 6.54 Å². The molecule has 0 spiro atoms. The fourth-order valence-corrected chi connectivity index (χ4v) is 3.33. The van der Waals surface area contributed by atoms with Crippen LogP contribution in [0.2, 0.25) is 0 Å². The molecular weight excluding hydrogens is 320 g/mol. The molecule has 0 bridgehead atoms. The summed E-state index contributed by atoms with van der Waals surface area (Å²) in [6, 6.07) is 12.8. The summed E-state index contributed by atoms with van der Waals surface area (Å²) in [6.45, 7) is 2.34. The van der Waals surface area contributed by atoms with E-state index >= 15 is 0 Å². The predicted octanol–water partition coefficient (Wildman–Crippen LogP) is 3.47. The highest BCUT2D eigenvalue weighted by atomic mass is 16.4. The zero-order valence-electron chi connectivity index (χ0n) is 13.9. The Kier molecular flexibility index (Phi) is 4.61. The number of rotatable bonds is 7. The number of aromatic amines is 1. The van der Waals surface area contributed by atoms with Gasteiger partial charge in [-0.25, -0.2) is 4.79 Å². The van der Waals surface area contributed by atoms with Crippen LogP contribution in [0.5, 0.6) is 0 Å². The van der Waals surface area contributed by atoms with Crippen molar-refractivity contribution in [3.05, 3.63) is 42.5 Å². The number of nitrogens with zero attached hydrogens (tertiary/aromatic N) is 1.